The number of rotatable bonds is 3. The normalized spacial score (nSPS) is 10.8. The fourth-order valence-electron chi connectivity index (χ4n) is 2.64. The largest absolute Gasteiger partial charge is 0.331 e. The van der Waals surface area contributed by atoms with E-state index in [1.807, 2.05) is 18.3 Å². The van der Waals surface area contributed by atoms with Crippen LogP contribution in [0.3, 0.4) is 0 Å². The number of thiazole rings is 1. The molecular formula is C20H16N2S. The summed E-state index contributed by atoms with van der Waals surface area (Å²) in [5.74, 6) is 0. The van der Waals surface area contributed by atoms with E-state index in [9.17, 15) is 0 Å². The van der Waals surface area contributed by atoms with Gasteiger partial charge in [0.25, 0.3) is 0 Å². The smallest absolute Gasteiger partial charge is 0.187 e. The molecule has 0 bridgehead atoms. The highest BCUT2D eigenvalue weighted by Gasteiger charge is 2.06. The lowest BCUT2D eigenvalue weighted by atomic mass is 10.1. The topological polar surface area (TPSA) is 24.9 Å². The molecule has 0 spiro atoms. The number of fused-ring (bicyclic) bond motifs is 1. The standard InChI is InChI=1S/C20H16N2S/c1-14-6-2-5-9-18(14)22-20-21-13-19(23-20)17-11-10-15-7-3-4-8-16(15)12-17/h2-13H,1H3,(H,21,22). The molecule has 3 heteroatoms. The molecule has 4 aromatic rings. The van der Waals surface area contributed by atoms with Crippen LogP contribution in [0.4, 0.5) is 10.8 Å². The number of nitrogens with one attached hydrogen (secondary N) is 1. The van der Waals surface area contributed by atoms with Crippen LogP contribution in [-0.2, 0) is 0 Å². The third-order valence-corrected chi connectivity index (χ3v) is 4.89. The van der Waals surface area contributed by atoms with Gasteiger partial charge in [0.05, 0.1) is 4.88 Å². The fourth-order valence-corrected chi connectivity index (χ4v) is 3.46. The second-order valence-corrected chi connectivity index (χ2v) is 6.56. The first kappa shape index (κ1) is 14.0. The van der Waals surface area contributed by atoms with E-state index in [-0.39, 0.29) is 0 Å². The van der Waals surface area contributed by atoms with Gasteiger partial charge in [-0.25, -0.2) is 4.98 Å². The molecule has 0 radical (unpaired) electrons. The molecule has 1 aromatic heterocycles. The van der Waals surface area contributed by atoms with E-state index in [1.165, 1.54) is 26.8 Å². The van der Waals surface area contributed by atoms with Crippen LogP contribution < -0.4 is 5.32 Å². The number of para-hydroxylation sites is 1. The van der Waals surface area contributed by atoms with Crippen LogP contribution in [0.25, 0.3) is 21.2 Å². The molecule has 0 aliphatic rings. The molecule has 0 aliphatic carbocycles. The van der Waals surface area contributed by atoms with Crippen LogP contribution in [0.15, 0.2) is 72.9 Å². The molecule has 1 N–H and O–H groups in total. The lowest BCUT2D eigenvalue weighted by Crippen LogP contribution is -1.91. The van der Waals surface area contributed by atoms with E-state index < -0.39 is 0 Å². The molecule has 0 aliphatic heterocycles. The molecular weight excluding hydrogens is 300 g/mol. The Morgan fingerprint density at radius 1 is 0.870 bits per heavy atom. The summed E-state index contributed by atoms with van der Waals surface area (Å²) in [5.41, 5.74) is 3.53. The van der Waals surface area contributed by atoms with Crippen molar-refractivity contribution in [2.75, 3.05) is 5.32 Å². The van der Waals surface area contributed by atoms with Crippen molar-refractivity contribution in [3.8, 4) is 10.4 Å². The number of benzene rings is 3. The third kappa shape index (κ3) is 2.83. The highest BCUT2D eigenvalue weighted by Crippen LogP contribution is 2.32. The van der Waals surface area contributed by atoms with Crippen LogP contribution in [0, 0.1) is 6.92 Å². The second-order valence-electron chi connectivity index (χ2n) is 5.53. The van der Waals surface area contributed by atoms with Gasteiger partial charge in [-0.1, -0.05) is 65.9 Å². The molecule has 0 fully saturated rings. The van der Waals surface area contributed by atoms with Crippen molar-refractivity contribution in [3.63, 3.8) is 0 Å². The Hall–Kier alpha value is -2.65. The van der Waals surface area contributed by atoms with Gasteiger partial charge in [-0.3, -0.25) is 0 Å². The first-order chi connectivity index (χ1) is 11.3. The van der Waals surface area contributed by atoms with Gasteiger partial charge >= 0.3 is 0 Å². The number of hydrogen-bond donors (Lipinski definition) is 1. The average molecular weight is 316 g/mol. The fraction of sp³-hybridized carbons (Fsp3) is 0.0500. The average Bonchev–Trinajstić information content (AvgIpc) is 3.05. The van der Waals surface area contributed by atoms with Crippen molar-refractivity contribution in [2.45, 2.75) is 6.92 Å². The zero-order chi connectivity index (χ0) is 15.6. The minimum Gasteiger partial charge on any atom is -0.331 e. The Kier molecular flexibility index (Phi) is 3.56. The summed E-state index contributed by atoms with van der Waals surface area (Å²) < 4.78 is 0. The number of aryl methyl sites for hydroxylation is 1. The zero-order valence-electron chi connectivity index (χ0n) is 12.8. The van der Waals surface area contributed by atoms with Crippen LogP contribution in [0.5, 0.6) is 0 Å². The van der Waals surface area contributed by atoms with E-state index in [0.717, 1.165) is 10.8 Å². The molecule has 0 amide bonds. The molecule has 1 heterocycles. The van der Waals surface area contributed by atoms with Crippen molar-refractivity contribution in [1.82, 2.24) is 4.98 Å². The van der Waals surface area contributed by atoms with Gasteiger partial charge < -0.3 is 5.32 Å². The van der Waals surface area contributed by atoms with Gasteiger partial charge in [-0.2, -0.15) is 0 Å². The van der Waals surface area contributed by atoms with Crippen LogP contribution >= 0.6 is 11.3 Å². The van der Waals surface area contributed by atoms with Gasteiger partial charge in [0.1, 0.15) is 0 Å². The van der Waals surface area contributed by atoms with E-state index >= 15 is 0 Å². The summed E-state index contributed by atoms with van der Waals surface area (Å²) in [6, 6.07) is 23.2. The van der Waals surface area contributed by atoms with Crippen molar-refractivity contribution >= 4 is 32.9 Å². The van der Waals surface area contributed by atoms with E-state index in [4.69, 9.17) is 0 Å². The monoisotopic (exact) mass is 316 g/mol. The maximum Gasteiger partial charge on any atom is 0.187 e. The highest BCUT2D eigenvalue weighted by molar-refractivity contribution is 7.19. The lowest BCUT2D eigenvalue weighted by molar-refractivity contribution is 1.37. The summed E-state index contributed by atoms with van der Waals surface area (Å²) in [4.78, 5) is 5.69. The van der Waals surface area contributed by atoms with Crippen molar-refractivity contribution in [1.29, 1.82) is 0 Å². The van der Waals surface area contributed by atoms with Gasteiger partial charge in [-0.05, 0) is 41.0 Å². The number of aromatic nitrogens is 1. The Morgan fingerprint density at radius 3 is 2.52 bits per heavy atom. The summed E-state index contributed by atoms with van der Waals surface area (Å²) in [6.07, 6.45) is 1.94. The maximum absolute atomic E-state index is 4.52. The third-order valence-electron chi connectivity index (χ3n) is 3.93. The van der Waals surface area contributed by atoms with Crippen molar-refractivity contribution in [3.05, 3.63) is 78.5 Å². The minimum atomic E-state index is 0.919. The Balaban J connectivity index is 1.65. The van der Waals surface area contributed by atoms with E-state index in [0.29, 0.717) is 0 Å². The number of nitrogens with zero attached hydrogens (tertiary/aromatic N) is 1. The van der Waals surface area contributed by atoms with E-state index in [2.05, 4.69) is 71.8 Å². The summed E-state index contributed by atoms with van der Waals surface area (Å²) >= 11 is 1.68. The minimum absolute atomic E-state index is 0.919. The van der Waals surface area contributed by atoms with Crippen LogP contribution in [0.1, 0.15) is 5.56 Å². The summed E-state index contributed by atoms with van der Waals surface area (Å²) in [7, 11) is 0. The van der Waals surface area contributed by atoms with E-state index in [1.54, 1.807) is 11.3 Å². The summed E-state index contributed by atoms with van der Waals surface area (Å²) in [6.45, 7) is 2.10. The Morgan fingerprint density at radius 2 is 1.65 bits per heavy atom. The number of hydrogen-bond acceptors (Lipinski definition) is 3. The predicted octanol–water partition coefficient (Wildman–Crippen LogP) is 6.02. The van der Waals surface area contributed by atoms with Crippen LogP contribution in [-0.4, -0.2) is 4.98 Å². The van der Waals surface area contributed by atoms with Gasteiger partial charge in [0, 0.05) is 11.9 Å². The maximum atomic E-state index is 4.52. The molecule has 4 rings (SSSR count). The summed E-state index contributed by atoms with van der Waals surface area (Å²) in [5, 5.41) is 6.85. The highest BCUT2D eigenvalue weighted by atomic mass is 32.1. The molecule has 0 unspecified atom stereocenters. The molecule has 112 valence electrons. The molecule has 0 atom stereocenters. The first-order valence-corrected chi connectivity index (χ1v) is 8.39. The Bertz CT molecular complexity index is 972. The molecule has 0 saturated heterocycles. The van der Waals surface area contributed by atoms with Gasteiger partial charge in [0.2, 0.25) is 0 Å². The van der Waals surface area contributed by atoms with Gasteiger partial charge in [-0.15, -0.1) is 0 Å². The van der Waals surface area contributed by atoms with Crippen molar-refractivity contribution in [2.24, 2.45) is 0 Å². The van der Waals surface area contributed by atoms with Crippen molar-refractivity contribution < 1.29 is 0 Å². The molecule has 3 aromatic carbocycles. The molecule has 2 nitrogen and oxygen atoms in total. The zero-order valence-corrected chi connectivity index (χ0v) is 13.6. The molecule has 23 heavy (non-hydrogen) atoms. The Labute approximate surface area is 139 Å². The predicted molar refractivity (Wildman–Crippen MR) is 99.5 cm³/mol. The lowest BCUT2D eigenvalue weighted by Gasteiger charge is -2.05. The second kappa shape index (κ2) is 5.86. The van der Waals surface area contributed by atoms with Crippen LogP contribution in [0.2, 0.25) is 0 Å². The SMILES string of the molecule is Cc1ccccc1Nc1ncc(-c2ccc3ccccc3c2)s1. The number of anilines is 2. The van der Waals surface area contributed by atoms with Gasteiger partial charge in [0.15, 0.2) is 5.13 Å². The molecule has 0 saturated carbocycles. The first-order valence-electron chi connectivity index (χ1n) is 7.57. The quantitative estimate of drug-likeness (QED) is 0.500.